The highest BCUT2D eigenvalue weighted by atomic mass is 16.5. The molecular weight excluding hydrogens is 422 g/mol. The van der Waals surface area contributed by atoms with E-state index in [-0.39, 0.29) is 6.10 Å². The van der Waals surface area contributed by atoms with E-state index in [1.807, 2.05) is 78.9 Å². The Hall–Kier alpha value is -4.04. The van der Waals surface area contributed by atoms with Crippen molar-refractivity contribution >= 4 is 23.7 Å². The molecule has 1 aliphatic carbocycles. The maximum Gasteiger partial charge on any atom is 0.168 e. The number of methoxy groups -OCH3 is 1. The smallest absolute Gasteiger partial charge is 0.168 e. The first kappa shape index (κ1) is 23.1. The zero-order valence-corrected chi connectivity index (χ0v) is 19.4. The van der Waals surface area contributed by atoms with Crippen molar-refractivity contribution in [3.8, 4) is 17.6 Å². The number of allylic oxidation sites excluding steroid dienone is 1. The molecule has 1 saturated carbocycles. The number of anilines is 1. The van der Waals surface area contributed by atoms with E-state index in [9.17, 15) is 0 Å². The number of nitriles is 1. The van der Waals surface area contributed by atoms with Crippen LogP contribution in [-0.2, 0) is 6.54 Å². The van der Waals surface area contributed by atoms with E-state index in [0.29, 0.717) is 12.1 Å². The molecule has 1 fully saturated rings. The van der Waals surface area contributed by atoms with E-state index in [2.05, 4.69) is 16.4 Å². The van der Waals surface area contributed by atoms with E-state index in [0.717, 1.165) is 46.8 Å². The van der Waals surface area contributed by atoms with Crippen molar-refractivity contribution in [2.24, 2.45) is 4.99 Å². The minimum absolute atomic E-state index is 0.256. The molecule has 1 N–H and O–H groups in total. The third-order valence-corrected chi connectivity index (χ3v) is 5.86. The van der Waals surface area contributed by atoms with Gasteiger partial charge in [-0.2, -0.15) is 5.26 Å². The van der Waals surface area contributed by atoms with Gasteiger partial charge >= 0.3 is 0 Å². The van der Waals surface area contributed by atoms with E-state index in [1.54, 1.807) is 13.3 Å². The van der Waals surface area contributed by atoms with Gasteiger partial charge in [-0.25, -0.2) is 0 Å². The molecule has 3 aromatic carbocycles. The number of nitrogens with one attached hydrogen (secondary N) is 1. The highest BCUT2D eigenvalue weighted by molar-refractivity contribution is 5.83. The Balaban J connectivity index is 1.44. The molecule has 0 aromatic heterocycles. The molecule has 0 saturated heterocycles. The van der Waals surface area contributed by atoms with Crippen LogP contribution in [0.25, 0.3) is 6.08 Å². The number of benzene rings is 3. The molecule has 34 heavy (non-hydrogen) atoms. The van der Waals surface area contributed by atoms with Crippen LogP contribution in [0.15, 0.2) is 77.8 Å². The fraction of sp³-hybridized carbons (Fsp3) is 0.241. The third kappa shape index (κ3) is 6.05. The summed E-state index contributed by atoms with van der Waals surface area (Å²) in [5, 5.41) is 12.4. The van der Waals surface area contributed by atoms with Crippen molar-refractivity contribution in [3.05, 3.63) is 89.5 Å². The molecule has 0 heterocycles. The lowest BCUT2D eigenvalue weighted by Gasteiger charge is -2.17. The van der Waals surface area contributed by atoms with Gasteiger partial charge in [0.05, 0.1) is 36.2 Å². The molecule has 1 aliphatic rings. The quantitative estimate of drug-likeness (QED) is 0.359. The highest BCUT2D eigenvalue weighted by Crippen LogP contribution is 2.35. The zero-order valence-electron chi connectivity index (χ0n) is 19.4. The second-order valence-corrected chi connectivity index (χ2v) is 8.22. The summed E-state index contributed by atoms with van der Waals surface area (Å²) in [7, 11) is 1.67. The van der Waals surface area contributed by atoms with Gasteiger partial charge in [-0.1, -0.05) is 36.4 Å². The van der Waals surface area contributed by atoms with Crippen LogP contribution in [0.3, 0.4) is 0 Å². The van der Waals surface area contributed by atoms with Crippen molar-refractivity contribution in [3.63, 3.8) is 0 Å². The zero-order chi connectivity index (χ0) is 23.6. The van der Waals surface area contributed by atoms with Crippen molar-refractivity contribution < 1.29 is 9.47 Å². The van der Waals surface area contributed by atoms with Gasteiger partial charge in [-0.3, -0.25) is 4.99 Å². The van der Waals surface area contributed by atoms with E-state index in [4.69, 9.17) is 14.7 Å². The van der Waals surface area contributed by atoms with Crippen molar-refractivity contribution in [1.29, 1.82) is 5.26 Å². The van der Waals surface area contributed by atoms with Crippen molar-refractivity contribution in [2.75, 3.05) is 12.4 Å². The molecule has 3 aromatic rings. The average Bonchev–Trinajstić information content (AvgIpc) is 3.40. The lowest BCUT2D eigenvalue weighted by atomic mass is 10.1. The molecule has 5 heteroatoms. The summed E-state index contributed by atoms with van der Waals surface area (Å²) in [6.07, 6.45) is 10.6. The Morgan fingerprint density at radius 3 is 2.59 bits per heavy atom. The summed E-state index contributed by atoms with van der Waals surface area (Å²) in [4.78, 5) is 4.65. The highest BCUT2D eigenvalue weighted by Gasteiger charge is 2.19. The Bertz CT molecular complexity index is 1190. The summed E-state index contributed by atoms with van der Waals surface area (Å²) >= 11 is 0. The Labute approximate surface area is 201 Å². The number of aliphatic imine (C=N–C) groups is 1. The average molecular weight is 452 g/mol. The third-order valence-electron chi connectivity index (χ3n) is 5.86. The van der Waals surface area contributed by atoms with Crippen LogP contribution in [0, 0.1) is 11.3 Å². The van der Waals surface area contributed by atoms with Gasteiger partial charge in [-0.05, 0) is 73.7 Å². The van der Waals surface area contributed by atoms with Crippen molar-refractivity contribution in [1.82, 2.24) is 0 Å². The van der Waals surface area contributed by atoms with Gasteiger partial charge in [0.25, 0.3) is 0 Å². The van der Waals surface area contributed by atoms with Crippen LogP contribution in [0.1, 0.15) is 42.4 Å². The van der Waals surface area contributed by atoms with E-state index in [1.165, 1.54) is 12.8 Å². The summed E-state index contributed by atoms with van der Waals surface area (Å²) in [6, 6.07) is 23.6. The fourth-order valence-corrected chi connectivity index (χ4v) is 4.02. The van der Waals surface area contributed by atoms with Gasteiger partial charge in [0.2, 0.25) is 0 Å². The van der Waals surface area contributed by atoms with Crippen LogP contribution >= 0.6 is 0 Å². The standard InChI is InChI=1S/C29H29N3O2/c1-33-28-14-6-8-24(29(28)34-25-10-2-3-11-25)9-7-19-31-26-12-4-5-13-27(26)32-21-23-17-15-22(20-30)16-18-23/h4-9,12-19,25,32H,2-3,10-11,21H2,1H3. The molecule has 0 aliphatic heterocycles. The lowest BCUT2D eigenvalue weighted by molar-refractivity contribution is 0.200. The van der Waals surface area contributed by atoms with Gasteiger partial charge in [0, 0.05) is 18.3 Å². The Morgan fingerprint density at radius 2 is 1.82 bits per heavy atom. The maximum absolute atomic E-state index is 8.95. The number of ether oxygens (including phenoxy) is 2. The van der Waals surface area contributed by atoms with Gasteiger partial charge in [-0.15, -0.1) is 0 Å². The Kier molecular flexibility index (Phi) is 7.97. The molecule has 0 radical (unpaired) electrons. The minimum atomic E-state index is 0.256. The molecule has 4 rings (SSSR count). The topological polar surface area (TPSA) is 66.6 Å². The first-order valence-corrected chi connectivity index (χ1v) is 11.6. The predicted octanol–water partition coefficient (Wildman–Crippen LogP) is 6.92. The summed E-state index contributed by atoms with van der Waals surface area (Å²) in [5.74, 6) is 1.55. The van der Waals surface area contributed by atoms with Crippen LogP contribution in [0.5, 0.6) is 11.5 Å². The predicted molar refractivity (Wildman–Crippen MR) is 138 cm³/mol. The minimum Gasteiger partial charge on any atom is -0.493 e. The number of hydrogen-bond acceptors (Lipinski definition) is 5. The van der Waals surface area contributed by atoms with E-state index >= 15 is 0 Å². The normalized spacial score (nSPS) is 13.9. The molecular formula is C29H29N3O2. The first-order chi connectivity index (χ1) is 16.8. The summed E-state index contributed by atoms with van der Waals surface area (Å²) in [6.45, 7) is 0.653. The molecule has 0 atom stereocenters. The summed E-state index contributed by atoms with van der Waals surface area (Å²) < 4.78 is 11.9. The Morgan fingerprint density at radius 1 is 1.03 bits per heavy atom. The van der Waals surface area contributed by atoms with Crippen LogP contribution < -0.4 is 14.8 Å². The number of hydrogen-bond donors (Lipinski definition) is 1. The first-order valence-electron chi connectivity index (χ1n) is 11.6. The summed E-state index contributed by atoms with van der Waals surface area (Å²) in [5.41, 5.74) is 4.54. The number of nitrogens with zero attached hydrogens (tertiary/aromatic N) is 2. The van der Waals surface area contributed by atoms with Gasteiger partial charge < -0.3 is 14.8 Å². The van der Waals surface area contributed by atoms with Crippen molar-refractivity contribution in [2.45, 2.75) is 38.3 Å². The van der Waals surface area contributed by atoms with Gasteiger partial charge in [0.15, 0.2) is 11.5 Å². The number of rotatable bonds is 9. The van der Waals surface area contributed by atoms with E-state index < -0.39 is 0 Å². The second-order valence-electron chi connectivity index (χ2n) is 8.22. The lowest BCUT2D eigenvalue weighted by Crippen LogP contribution is -2.12. The SMILES string of the molecule is COc1cccc(C=CC=Nc2ccccc2NCc2ccc(C#N)cc2)c1OC1CCCC1. The molecule has 0 amide bonds. The number of para-hydroxylation sites is 3. The van der Waals surface area contributed by atoms with Crippen LogP contribution in [0.2, 0.25) is 0 Å². The second kappa shape index (κ2) is 11.7. The monoisotopic (exact) mass is 451 g/mol. The molecule has 0 spiro atoms. The van der Waals surface area contributed by atoms with Crippen LogP contribution in [0.4, 0.5) is 11.4 Å². The molecule has 0 unspecified atom stereocenters. The fourth-order valence-electron chi connectivity index (χ4n) is 4.02. The molecule has 172 valence electrons. The van der Waals surface area contributed by atoms with Gasteiger partial charge in [0.1, 0.15) is 0 Å². The maximum atomic E-state index is 8.95. The molecule has 0 bridgehead atoms. The largest absolute Gasteiger partial charge is 0.493 e. The van der Waals surface area contributed by atoms with Crippen LogP contribution in [-0.4, -0.2) is 19.4 Å². The molecule has 5 nitrogen and oxygen atoms in total.